The van der Waals surface area contributed by atoms with Crippen LogP contribution < -0.4 is 14.8 Å². The number of benzene rings is 2. The topological polar surface area (TPSA) is 124 Å². The van der Waals surface area contributed by atoms with E-state index in [0.717, 1.165) is 4.90 Å². The molecule has 3 heterocycles. The Labute approximate surface area is 219 Å². The summed E-state index contributed by atoms with van der Waals surface area (Å²) in [6.07, 6.45) is 1.42. The summed E-state index contributed by atoms with van der Waals surface area (Å²) in [5.41, 5.74) is 1.19. The van der Waals surface area contributed by atoms with Gasteiger partial charge in [-0.15, -0.1) is 0 Å². The molecule has 2 aromatic carbocycles. The third-order valence-corrected chi connectivity index (χ3v) is 6.62. The third-order valence-electron chi connectivity index (χ3n) is 5.39. The first-order chi connectivity index (χ1) is 17.8. The number of nitrogens with one attached hydrogen (secondary N) is 1. The Bertz CT molecular complexity index is 1480. The number of halogens is 1. The van der Waals surface area contributed by atoms with E-state index in [1.165, 1.54) is 19.3 Å². The number of hydrogen-bond acceptors (Lipinski definition) is 9. The van der Waals surface area contributed by atoms with Gasteiger partial charge in [0.25, 0.3) is 11.1 Å². The van der Waals surface area contributed by atoms with E-state index in [1.54, 1.807) is 42.5 Å². The number of fused-ring (bicyclic) bond motifs is 1. The van der Waals surface area contributed by atoms with E-state index in [-0.39, 0.29) is 22.3 Å². The van der Waals surface area contributed by atoms with Gasteiger partial charge in [-0.05, 0) is 54.2 Å². The average molecular weight is 541 g/mol. The molecule has 10 nitrogen and oxygen atoms in total. The molecule has 1 saturated heterocycles. The molecule has 3 aromatic rings. The minimum atomic E-state index is -0.617. The van der Waals surface area contributed by atoms with Gasteiger partial charge in [0, 0.05) is 23.4 Å². The zero-order valence-corrected chi connectivity index (χ0v) is 20.7. The molecule has 0 atom stereocenters. The second kappa shape index (κ2) is 10.0. The van der Waals surface area contributed by atoms with E-state index in [1.807, 2.05) is 0 Å². The van der Waals surface area contributed by atoms with E-state index in [9.17, 15) is 19.2 Å². The molecule has 12 heteroatoms. The SMILES string of the molecule is COC(=O)c1cc(-c2ccc(/C=C3/SC(=O)N(CC(=O)Nc4ccc5c(c4)OCO5)C3=O)o2)ccc1Cl. The Balaban J connectivity index is 1.27. The maximum atomic E-state index is 12.8. The van der Waals surface area contributed by atoms with Crippen molar-refractivity contribution >= 4 is 58.1 Å². The van der Waals surface area contributed by atoms with Crippen LogP contribution in [0.15, 0.2) is 57.9 Å². The molecule has 0 spiro atoms. The van der Waals surface area contributed by atoms with Gasteiger partial charge in [-0.25, -0.2) is 4.79 Å². The summed E-state index contributed by atoms with van der Waals surface area (Å²) >= 11 is 6.77. The maximum Gasteiger partial charge on any atom is 0.339 e. The first-order valence-electron chi connectivity index (χ1n) is 10.8. The Morgan fingerprint density at radius 1 is 1.11 bits per heavy atom. The molecule has 2 aliphatic heterocycles. The predicted octanol–water partition coefficient (Wildman–Crippen LogP) is 4.79. The Hall–Kier alpha value is -4.22. The van der Waals surface area contributed by atoms with Crippen molar-refractivity contribution in [1.82, 2.24) is 4.90 Å². The van der Waals surface area contributed by atoms with Crippen LogP contribution in [0.2, 0.25) is 5.02 Å². The van der Waals surface area contributed by atoms with Crippen molar-refractivity contribution in [2.75, 3.05) is 25.8 Å². The van der Waals surface area contributed by atoms with E-state index in [4.69, 9.17) is 30.2 Å². The van der Waals surface area contributed by atoms with Gasteiger partial charge < -0.3 is 23.9 Å². The van der Waals surface area contributed by atoms with Crippen molar-refractivity contribution in [3.63, 3.8) is 0 Å². The number of imide groups is 1. The summed E-state index contributed by atoms with van der Waals surface area (Å²) in [5, 5.41) is 2.29. The number of anilines is 1. The highest BCUT2D eigenvalue weighted by molar-refractivity contribution is 8.18. The summed E-state index contributed by atoms with van der Waals surface area (Å²) in [4.78, 5) is 50.6. The molecule has 188 valence electrons. The second-order valence-electron chi connectivity index (χ2n) is 7.77. The first-order valence-corrected chi connectivity index (χ1v) is 11.9. The fraction of sp³-hybridized carbons (Fsp3) is 0.120. The molecule has 37 heavy (non-hydrogen) atoms. The summed E-state index contributed by atoms with van der Waals surface area (Å²) in [6.45, 7) is -0.359. The lowest BCUT2D eigenvalue weighted by Gasteiger charge is -2.12. The summed E-state index contributed by atoms with van der Waals surface area (Å²) < 4.78 is 21.0. The lowest BCUT2D eigenvalue weighted by atomic mass is 10.1. The smallest absolute Gasteiger partial charge is 0.339 e. The van der Waals surface area contributed by atoms with Gasteiger partial charge in [0.05, 0.1) is 22.6 Å². The van der Waals surface area contributed by atoms with Crippen LogP contribution in [0.1, 0.15) is 16.1 Å². The van der Waals surface area contributed by atoms with Crippen LogP contribution in [0.3, 0.4) is 0 Å². The molecule has 0 saturated carbocycles. The number of rotatable bonds is 6. The average Bonchev–Trinajstić information content (AvgIpc) is 3.60. The van der Waals surface area contributed by atoms with Gasteiger partial charge in [0.1, 0.15) is 18.1 Å². The second-order valence-corrected chi connectivity index (χ2v) is 9.17. The molecule has 0 unspecified atom stereocenters. The Kier molecular flexibility index (Phi) is 6.64. The lowest BCUT2D eigenvalue weighted by Crippen LogP contribution is -2.36. The summed E-state index contributed by atoms with van der Waals surface area (Å²) in [6, 6.07) is 12.9. The number of esters is 1. The summed E-state index contributed by atoms with van der Waals surface area (Å²) in [5.74, 6) is 0.0187. The number of carbonyl (C=O) groups excluding carboxylic acids is 4. The van der Waals surface area contributed by atoms with Crippen LogP contribution in [-0.2, 0) is 14.3 Å². The molecule has 0 radical (unpaired) electrons. The fourth-order valence-corrected chi connectivity index (χ4v) is 4.63. The summed E-state index contributed by atoms with van der Waals surface area (Å²) in [7, 11) is 1.25. The van der Waals surface area contributed by atoms with Crippen molar-refractivity contribution in [3.05, 3.63) is 69.8 Å². The predicted molar refractivity (Wildman–Crippen MR) is 134 cm³/mol. The van der Waals surface area contributed by atoms with Crippen LogP contribution >= 0.6 is 23.4 Å². The zero-order valence-electron chi connectivity index (χ0n) is 19.1. The van der Waals surface area contributed by atoms with Gasteiger partial charge in [0.2, 0.25) is 12.7 Å². The molecule has 2 aliphatic rings. The number of nitrogens with zero attached hydrogens (tertiary/aromatic N) is 1. The molecular weight excluding hydrogens is 524 g/mol. The number of ether oxygens (including phenoxy) is 3. The van der Waals surface area contributed by atoms with E-state index in [2.05, 4.69) is 5.32 Å². The van der Waals surface area contributed by atoms with Crippen molar-refractivity contribution < 1.29 is 37.8 Å². The highest BCUT2D eigenvalue weighted by atomic mass is 35.5. The quantitative estimate of drug-likeness (QED) is 0.347. The fourth-order valence-electron chi connectivity index (χ4n) is 3.61. The molecule has 1 N–H and O–H groups in total. The number of carbonyl (C=O) groups is 4. The zero-order chi connectivity index (χ0) is 26.1. The van der Waals surface area contributed by atoms with Crippen LogP contribution in [0.4, 0.5) is 10.5 Å². The van der Waals surface area contributed by atoms with Crippen molar-refractivity contribution in [2.24, 2.45) is 0 Å². The monoisotopic (exact) mass is 540 g/mol. The molecule has 0 aliphatic carbocycles. The molecule has 5 rings (SSSR count). The number of hydrogen-bond donors (Lipinski definition) is 1. The van der Waals surface area contributed by atoms with Crippen LogP contribution in [0.5, 0.6) is 11.5 Å². The number of thioether (sulfide) groups is 1. The van der Waals surface area contributed by atoms with Crippen molar-refractivity contribution in [3.8, 4) is 22.8 Å². The van der Waals surface area contributed by atoms with Crippen molar-refractivity contribution in [1.29, 1.82) is 0 Å². The number of furan rings is 1. The molecular formula is C25H17ClN2O8S. The maximum absolute atomic E-state index is 12.8. The normalized spacial score (nSPS) is 15.4. The first kappa shape index (κ1) is 24.5. The number of amides is 3. The van der Waals surface area contributed by atoms with Gasteiger partial charge in [-0.2, -0.15) is 0 Å². The van der Waals surface area contributed by atoms with E-state index < -0.39 is 29.6 Å². The molecule has 0 bridgehead atoms. The van der Waals surface area contributed by atoms with E-state index in [0.29, 0.717) is 46.0 Å². The third kappa shape index (κ3) is 5.04. The van der Waals surface area contributed by atoms with Crippen molar-refractivity contribution in [2.45, 2.75) is 0 Å². The minimum Gasteiger partial charge on any atom is -0.465 e. The lowest BCUT2D eigenvalue weighted by molar-refractivity contribution is -0.127. The number of methoxy groups -OCH3 is 1. The molecule has 1 aromatic heterocycles. The molecule has 1 fully saturated rings. The van der Waals surface area contributed by atoms with Gasteiger partial charge in [-0.1, -0.05) is 11.6 Å². The largest absolute Gasteiger partial charge is 0.465 e. The standard InChI is InChI=1S/C25H17ClN2O8S/c1-33-24(31)16-8-13(2-5-17(16)26)18-7-4-15(36-18)10-21-23(30)28(25(32)37-21)11-22(29)27-14-3-6-19-20(9-14)35-12-34-19/h2-10H,11-12H2,1H3,(H,27,29)/b21-10+. The van der Waals surface area contributed by atoms with Crippen LogP contribution in [-0.4, -0.2) is 48.4 Å². The van der Waals surface area contributed by atoms with E-state index >= 15 is 0 Å². The van der Waals surface area contributed by atoms with Gasteiger partial charge in [0.15, 0.2) is 11.5 Å². The van der Waals surface area contributed by atoms with Crippen LogP contribution in [0.25, 0.3) is 17.4 Å². The Morgan fingerprint density at radius 2 is 1.92 bits per heavy atom. The van der Waals surface area contributed by atoms with Gasteiger partial charge >= 0.3 is 5.97 Å². The highest BCUT2D eigenvalue weighted by Crippen LogP contribution is 2.35. The van der Waals surface area contributed by atoms with Crippen LogP contribution in [0, 0.1) is 0 Å². The molecule has 3 amide bonds. The highest BCUT2D eigenvalue weighted by Gasteiger charge is 2.36. The Morgan fingerprint density at radius 3 is 2.73 bits per heavy atom. The minimum absolute atomic E-state index is 0.0985. The van der Waals surface area contributed by atoms with Gasteiger partial charge in [-0.3, -0.25) is 19.3 Å².